The van der Waals surface area contributed by atoms with Crippen LogP contribution >= 0.6 is 0 Å². The van der Waals surface area contributed by atoms with Crippen molar-refractivity contribution in [1.29, 1.82) is 0 Å². The zero-order chi connectivity index (χ0) is 31.8. The molecular weight excluding hydrogens is 524 g/mol. The van der Waals surface area contributed by atoms with Crippen LogP contribution in [0.2, 0.25) is 0 Å². The van der Waals surface area contributed by atoms with Crippen molar-refractivity contribution >= 4 is 12.1 Å². The van der Waals surface area contributed by atoms with Crippen LogP contribution in [0.25, 0.3) is 0 Å². The molecule has 0 bridgehead atoms. The lowest BCUT2D eigenvalue weighted by Crippen LogP contribution is -2.68. The molecule has 0 aromatic heterocycles. The van der Waals surface area contributed by atoms with Crippen LogP contribution in [0.4, 0.5) is 9.59 Å². The molecule has 1 aliphatic carbocycles. The van der Waals surface area contributed by atoms with Crippen molar-refractivity contribution < 1.29 is 9.59 Å². The number of piperidine rings is 2. The molecule has 8 heteroatoms. The number of hydrogen-bond acceptors (Lipinski definition) is 4. The monoisotopic (exact) mass is 591 g/mol. The highest BCUT2D eigenvalue weighted by Gasteiger charge is 2.47. The van der Waals surface area contributed by atoms with Gasteiger partial charge in [0, 0.05) is 47.3 Å². The van der Waals surface area contributed by atoms with E-state index in [9.17, 15) is 9.59 Å². The van der Waals surface area contributed by atoms with Crippen LogP contribution in [0.1, 0.15) is 147 Å². The number of urea groups is 2. The van der Waals surface area contributed by atoms with Gasteiger partial charge >= 0.3 is 12.1 Å². The van der Waals surface area contributed by atoms with Crippen LogP contribution in [-0.4, -0.2) is 69.4 Å². The third kappa shape index (κ3) is 9.23. The van der Waals surface area contributed by atoms with Gasteiger partial charge in [-0.2, -0.15) is 0 Å². The van der Waals surface area contributed by atoms with E-state index in [1.807, 2.05) is 5.01 Å². The van der Waals surface area contributed by atoms with Gasteiger partial charge < -0.3 is 21.3 Å². The van der Waals surface area contributed by atoms with Gasteiger partial charge in [-0.1, -0.05) is 34.1 Å². The highest BCUT2D eigenvalue weighted by molar-refractivity contribution is 5.75. The molecule has 2 unspecified atom stereocenters. The summed E-state index contributed by atoms with van der Waals surface area (Å²) in [5.41, 5.74) is -0.249. The Morgan fingerprint density at radius 3 is 1.90 bits per heavy atom. The van der Waals surface area contributed by atoms with Gasteiger partial charge in [-0.05, 0) is 124 Å². The summed E-state index contributed by atoms with van der Waals surface area (Å²) in [5.74, 6) is 0. The number of carbonyl (C=O) groups excluding carboxylic acids is 2. The van der Waals surface area contributed by atoms with Crippen molar-refractivity contribution in [3.63, 3.8) is 0 Å². The minimum Gasteiger partial charge on any atom is -0.338 e. The Morgan fingerprint density at radius 2 is 1.36 bits per heavy atom. The number of unbranched alkanes of at least 4 members (excludes halogenated alkanes) is 1. The second-order valence-corrected chi connectivity index (χ2v) is 17.8. The minimum atomic E-state index is -0.110. The molecule has 244 valence electrons. The summed E-state index contributed by atoms with van der Waals surface area (Å²) in [4.78, 5) is 27.2. The van der Waals surface area contributed by atoms with Gasteiger partial charge in [0.05, 0.1) is 0 Å². The topological polar surface area (TPSA) is 88.7 Å². The van der Waals surface area contributed by atoms with Gasteiger partial charge in [0.15, 0.2) is 0 Å². The van der Waals surface area contributed by atoms with E-state index in [1.54, 1.807) is 0 Å². The molecule has 2 heterocycles. The fraction of sp³-hybridized carbons (Fsp3) is 0.941. The van der Waals surface area contributed by atoms with E-state index >= 15 is 0 Å². The van der Waals surface area contributed by atoms with Crippen molar-refractivity contribution in [2.75, 3.05) is 13.1 Å². The third-order valence-electron chi connectivity index (χ3n) is 9.90. The third-order valence-corrected chi connectivity index (χ3v) is 9.90. The van der Waals surface area contributed by atoms with Crippen LogP contribution in [0.5, 0.6) is 0 Å². The highest BCUT2D eigenvalue weighted by Crippen LogP contribution is 2.46. The van der Waals surface area contributed by atoms with Gasteiger partial charge in [-0.25, -0.2) is 14.6 Å². The lowest BCUT2D eigenvalue weighted by molar-refractivity contribution is -0.157. The van der Waals surface area contributed by atoms with E-state index in [0.29, 0.717) is 6.54 Å². The maximum Gasteiger partial charge on any atom is 0.332 e. The van der Waals surface area contributed by atoms with Gasteiger partial charge in [0.2, 0.25) is 0 Å². The molecule has 0 spiro atoms. The smallest absolute Gasteiger partial charge is 0.332 e. The first-order valence-electron chi connectivity index (χ1n) is 16.8. The standard InChI is InChI=1S/C34H66N6O2/c1-13-14-18-39(40-32(8,9)16-15-17-33(40,10)11)28(42)37-25-19-29(2,3)23-34(12,22-25)24-35-27(41)36-26-20-30(4,5)38-31(6,7)21-26/h25-26,38H,13-24H2,1-12H3,(H,37,42)(H2,35,36,41). The maximum absolute atomic E-state index is 14.1. The molecule has 2 aliphatic heterocycles. The summed E-state index contributed by atoms with van der Waals surface area (Å²) in [5, 5.41) is 18.1. The first-order chi connectivity index (χ1) is 19.1. The lowest BCUT2D eigenvalue weighted by Gasteiger charge is -2.57. The average Bonchev–Trinajstić information content (AvgIpc) is 2.75. The number of hydrogen-bond donors (Lipinski definition) is 4. The van der Waals surface area contributed by atoms with Crippen LogP contribution in [0.3, 0.4) is 0 Å². The van der Waals surface area contributed by atoms with Gasteiger partial charge in [0.1, 0.15) is 0 Å². The molecule has 8 nitrogen and oxygen atoms in total. The van der Waals surface area contributed by atoms with E-state index in [1.165, 1.54) is 6.42 Å². The Labute approximate surface area is 258 Å². The summed E-state index contributed by atoms with van der Waals surface area (Å²) in [6, 6.07) is 0.135. The van der Waals surface area contributed by atoms with E-state index in [4.69, 9.17) is 0 Å². The molecular formula is C34H66N6O2. The van der Waals surface area contributed by atoms with Crippen molar-refractivity contribution in [1.82, 2.24) is 31.3 Å². The summed E-state index contributed by atoms with van der Waals surface area (Å²) < 4.78 is 0. The van der Waals surface area contributed by atoms with Crippen LogP contribution in [-0.2, 0) is 0 Å². The molecule has 0 radical (unpaired) electrons. The number of amides is 4. The van der Waals surface area contributed by atoms with Crippen molar-refractivity contribution in [3.8, 4) is 0 Å². The van der Waals surface area contributed by atoms with E-state index in [0.717, 1.165) is 64.3 Å². The summed E-state index contributed by atoms with van der Waals surface area (Å²) in [7, 11) is 0. The molecule has 3 rings (SSSR count). The largest absolute Gasteiger partial charge is 0.338 e. The number of hydrazine groups is 1. The maximum atomic E-state index is 14.1. The Balaban J connectivity index is 1.68. The quantitative estimate of drug-likeness (QED) is 0.246. The van der Waals surface area contributed by atoms with Crippen LogP contribution in [0, 0.1) is 10.8 Å². The minimum absolute atomic E-state index is 0.0197. The molecule has 0 aromatic rings. The fourth-order valence-corrected chi connectivity index (χ4v) is 9.31. The summed E-state index contributed by atoms with van der Waals surface area (Å²) in [6.07, 6.45) is 9.99. The zero-order valence-corrected chi connectivity index (χ0v) is 29.4. The molecule has 0 aromatic carbocycles. The molecule has 3 fully saturated rings. The van der Waals surface area contributed by atoms with E-state index < -0.39 is 0 Å². The predicted octanol–water partition coefficient (Wildman–Crippen LogP) is 6.95. The molecule has 2 atom stereocenters. The molecule has 42 heavy (non-hydrogen) atoms. The van der Waals surface area contributed by atoms with Gasteiger partial charge in [0.25, 0.3) is 0 Å². The number of nitrogens with zero attached hydrogens (tertiary/aromatic N) is 2. The van der Waals surface area contributed by atoms with Gasteiger partial charge in [-0.3, -0.25) is 5.01 Å². The second-order valence-electron chi connectivity index (χ2n) is 17.8. The molecule has 4 N–H and O–H groups in total. The van der Waals surface area contributed by atoms with E-state index in [2.05, 4.69) is 109 Å². The van der Waals surface area contributed by atoms with Crippen molar-refractivity contribution in [2.45, 2.75) is 182 Å². The fourth-order valence-electron chi connectivity index (χ4n) is 9.31. The number of nitrogens with one attached hydrogen (secondary N) is 4. The second kappa shape index (κ2) is 12.5. The molecule has 4 amide bonds. The highest BCUT2D eigenvalue weighted by atomic mass is 16.2. The van der Waals surface area contributed by atoms with Crippen molar-refractivity contribution in [3.05, 3.63) is 0 Å². The molecule has 2 saturated heterocycles. The van der Waals surface area contributed by atoms with Crippen molar-refractivity contribution in [2.24, 2.45) is 10.8 Å². The Morgan fingerprint density at radius 1 is 0.810 bits per heavy atom. The Hall–Kier alpha value is -1.54. The SMILES string of the molecule is CCCCN(C(=O)NC1CC(C)(C)CC(C)(CNC(=O)NC2CC(C)(C)NC(C)(C)C2)C1)N1C(C)(C)CCCC1(C)C. The van der Waals surface area contributed by atoms with Crippen LogP contribution in [0.15, 0.2) is 0 Å². The first-order valence-corrected chi connectivity index (χ1v) is 16.8. The zero-order valence-electron chi connectivity index (χ0n) is 29.4. The first kappa shape index (κ1) is 34.9. The summed E-state index contributed by atoms with van der Waals surface area (Å²) in [6.45, 7) is 28.3. The number of rotatable bonds is 8. The molecule has 1 saturated carbocycles. The normalized spacial score (nSPS) is 30.2. The van der Waals surface area contributed by atoms with Crippen LogP contribution < -0.4 is 21.3 Å². The Bertz CT molecular complexity index is 926. The Kier molecular flexibility index (Phi) is 10.4. The van der Waals surface area contributed by atoms with Gasteiger partial charge in [-0.15, -0.1) is 0 Å². The predicted molar refractivity (Wildman–Crippen MR) is 174 cm³/mol. The average molecular weight is 591 g/mol. The summed E-state index contributed by atoms with van der Waals surface area (Å²) >= 11 is 0. The number of carbonyl (C=O) groups is 2. The lowest BCUT2D eigenvalue weighted by atomic mass is 9.62. The van der Waals surface area contributed by atoms with E-state index in [-0.39, 0.29) is 57.1 Å². The molecule has 3 aliphatic rings.